The van der Waals surface area contributed by atoms with Crippen LogP contribution in [0.1, 0.15) is 15.9 Å². The molecule has 1 amide bonds. The van der Waals surface area contributed by atoms with E-state index in [9.17, 15) is 4.79 Å². The van der Waals surface area contributed by atoms with Crippen LogP contribution < -0.4 is 10.1 Å². The number of anilines is 1. The molecule has 2 heterocycles. The molecule has 1 fully saturated rings. The number of amides is 1. The zero-order valence-electron chi connectivity index (χ0n) is 18.6. The van der Waals surface area contributed by atoms with Crippen molar-refractivity contribution in [1.29, 1.82) is 0 Å². The van der Waals surface area contributed by atoms with Crippen LogP contribution in [0, 0.1) is 0 Å². The van der Waals surface area contributed by atoms with Gasteiger partial charge in [0, 0.05) is 50.0 Å². The molecule has 0 spiro atoms. The van der Waals surface area contributed by atoms with Gasteiger partial charge in [0.1, 0.15) is 11.6 Å². The minimum Gasteiger partial charge on any atom is -0.497 e. The molecular weight excluding hydrogens is 402 g/mol. The number of piperazine rings is 1. The predicted molar refractivity (Wildman–Crippen MR) is 126 cm³/mol. The van der Waals surface area contributed by atoms with Crippen molar-refractivity contribution >= 4 is 11.7 Å². The van der Waals surface area contributed by atoms with Crippen molar-refractivity contribution in [2.75, 3.05) is 52.2 Å². The Labute approximate surface area is 189 Å². The van der Waals surface area contributed by atoms with Gasteiger partial charge in [-0.3, -0.25) is 4.79 Å². The average molecular weight is 432 g/mol. The van der Waals surface area contributed by atoms with Gasteiger partial charge in [-0.1, -0.05) is 24.3 Å². The summed E-state index contributed by atoms with van der Waals surface area (Å²) in [5.74, 6) is 2.36. The maximum atomic E-state index is 12.7. The third kappa shape index (κ3) is 5.42. The third-order valence-electron chi connectivity index (χ3n) is 5.71. The summed E-state index contributed by atoms with van der Waals surface area (Å²) in [6.07, 6.45) is 2.63. The quantitative estimate of drug-likeness (QED) is 0.620. The Balaban J connectivity index is 1.35. The highest BCUT2D eigenvalue weighted by Gasteiger charge is 2.20. The van der Waals surface area contributed by atoms with E-state index in [1.807, 2.05) is 47.4 Å². The van der Waals surface area contributed by atoms with Gasteiger partial charge in [-0.05, 0) is 49.4 Å². The lowest BCUT2D eigenvalue weighted by molar-refractivity contribution is 0.0664. The lowest BCUT2D eigenvalue weighted by Crippen LogP contribution is -2.47. The Hall–Kier alpha value is -3.45. The second kappa shape index (κ2) is 10.2. The molecule has 3 aromatic rings. The fourth-order valence-corrected chi connectivity index (χ4v) is 3.68. The number of carbonyl (C=O) groups is 1. The van der Waals surface area contributed by atoms with Crippen LogP contribution in [-0.2, 0) is 6.42 Å². The predicted octanol–water partition coefficient (Wildman–Crippen LogP) is 3.19. The molecule has 7 nitrogen and oxygen atoms in total. The van der Waals surface area contributed by atoms with Crippen LogP contribution in [0.15, 0.2) is 60.8 Å². The van der Waals surface area contributed by atoms with E-state index in [0.717, 1.165) is 56.3 Å². The van der Waals surface area contributed by atoms with E-state index in [2.05, 4.69) is 39.4 Å². The molecule has 1 saturated heterocycles. The third-order valence-corrected chi connectivity index (χ3v) is 5.71. The van der Waals surface area contributed by atoms with Gasteiger partial charge in [-0.2, -0.15) is 0 Å². The summed E-state index contributed by atoms with van der Waals surface area (Å²) < 4.78 is 5.20. The van der Waals surface area contributed by atoms with Crippen molar-refractivity contribution in [1.82, 2.24) is 19.8 Å². The molecule has 0 aliphatic carbocycles. The highest BCUT2D eigenvalue weighted by atomic mass is 16.5. The van der Waals surface area contributed by atoms with Gasteiger partial charge in [-0.25, -0.2) is 9.97 Å². The molecule has 1 aliphatic rings. The van der Waals surface area contributed by atoms with Crippen molar-refractivity contribution in [3.8, 4) is 17.1 Å². The number of ether oxygens (including phenoxy) is 1. The number of methoxy groups -OCH3 is 1. The van der Waals surface area contributed by atoms with Crippen LogP contribution in [0.2, 0.25) is 0 Å². The number of aromatic nitrogens is 2. The lowest BCUT2D eigenvalue weighted by atomic mass is 10.1. The summed E-state index contributed by atoms with van der Waals surface area (Å²) in [6, 6.07) is 17.5. The van der Waals surface area contributed by atoms with Crippen molar-refractivity contribution in [3.63, 3.8) is 0 Å². The zero-order chi connectivity index (χ0) is 22.3. The molecule has 0 saturated carbocycles. The number of rotatable bonds is 7. The monoisotopic (exact) mass is 431 g/mol. The number of hydrogen-bond donors (Lipinski definition) is 1. The summed E-state index contributed by atoms with van der Waals surface area (Å²) in [4.78, 5) is 25.9. The van der Waals surface area contributed by atoms with E-state index < -0.39 is 0 Å². The zero-order valence-corrected chi connectivity index (χ0v) is 18.6. The summed E-state index contributed by atoms with van der Waals surface area (Å²) in [5, 5.41) is 3.36. The minimum absolute atomic E-state index is 0.0829. The maximum absolute atomic E-state index is 12.7. The van der Waals surface area contributed by atoms with Gasteiger partial charge >= 0.3 is 0 Å². The standard InChI is InChI=1S/C25H29N5O2/c1-29-15-17-30(18-16-29)25(31)21-7-5-20(6-8-21)24-27-14-12-23(28-24)26-13-11-19-3-9-22(32-2)10-4-19/h3-10,12,14H,11,13,15-18H2,1-2H3,(H,26,27,28). The highest BCUT2D eigenvalue weighted by molar-refractivity contribution is 5.94. The van der Waals surface area contributed by atoms with E-state index in [1.54, 1.807) is 13.3 Å². The van der Waals surface area contributed by atoms with Gasteiger partial charge in [0.2, 0.25) is 0 Å². The summed E-state index contributed by atoms with van der Waals surface area (Å²) in [5.41, 5.74) is 2.82. The van der Waals surface area contributed by atoms with Gasteiger partial charge < -0.3 is 19.9 Å². The molecule has 0 atom stereocenters. The minimum atomic E-state index is 0.0829. The number of carbonyl (C=O) groups excluding carboxylic acids is 1. The number of benzene rings is 2. The van der Waals surface area contributed by atoms with E-state index in [-0.39, 0.29) is 5.91 Å². The van der Waals surface area contributed by atoms with Crippen LogP contribution in [-0.4, -0.2) is 72.6 Å². The van der Waals surface area contributed by atoms with Crippen LogP contribution >= 0.6 is 0 Å². The van der Waals surface area contributed by atoms with Crippen LogP contribution in [0.5, 0.6) is 5.75 Å². The molecule has 166 valence electrons. The van der Waals surface area contributed by atoms with Crippen LogP contribution in [0.4, 0.5) is 5.82 Å². The molecule has 0 unspecified atom stereocenters. The second-order valence-corrected chi connectivity index (χ2v) is 7.96. The first-order valence-corrected chi connectivity index (χ1v) is 10.9. The maximum Gasteiger partial charge on any atom is 0.253 e. The number of hydrogen-bond acceptors (Lipinski definition) is 6. The second-order valence-electron chi connectivity index (χ2n) is 7.96. The molecular formula is C25H29N5O2. The van der Waals surface area contributed by atoms with E-state index in [0.29, 0.717) is 11.4 Å². The molecule has 1 aromatic heterocycles. The van der Waals surface area contributed by atoms with E-state index in [1.165, 1.54) is 5.56 Å². The van der Waals surface area contributed by atoms with E-state index in [4.69, 9.17) is 4.74 Å². The molecule has 32 heavy (non-hydrogen) atoms. The molecule has 0 bridgehead atoms. The van der Waals surface area contributed by atoms with Crippen LogP contribution in [0.3, 0.4) is 0 Å². The first-order chi connectivity index (χ1) is 15.6. The van der Waals surface area contributed by atoms with Gasteiger partial charge in [-0.15, -0.1) is 0 Å². The molecule has 2 aromatic carbocycles. The molecule has 4 rings (SSSR count). The summed E-state index contributed by atoms with van der Waals surface area (Å²) in [7, 11) is 3.75. The molecule has 7 heteroatoms. The Bertz CT molecular complexity index is 1030. The SMILES string of the molecule is COc1ccc(CCNc2ccnc(-c3ccc(C(=O)N4CCN(C)CC4)cc3)n2)cc1. The number of nitrogens with one attached hydrogen (secondary N) is 1. The number of nitrogens with zero attached hydrogens (tertiary/aromatic N) is 4. The largest absolute Gasteiger partial charge is 0.497 e. The fourth-order valence-electron chi connectivity index (χ4n) is 3.68. The Morgan fingerprint density at radius 1 is 1.00 bits per heavy atom. The van der Waals surface area contributed by atoms with Gasteiger partial charge in [0.05, 0.1) is 7.11 Å². The van der Waals surface area contributed by atoms with Gasteiger partial charge in [0.25, 0.3) is 5.91 Å². The molecule has 1 aliphatic heterocycles. The topological polar surface area (TPSA) is 70.6 Å². The molecule has 1 N–H and O–H groups in total. The average Bonchev–Trinajstić information content (AvgIpc) is 2.85. The van der Waals surface area contributed by atoms with Crippen molar-refractivity contribution in [3.05, 3.63) is 71.9 Å². The highest BCUT2D eigenvalue weighted by Crippen LogP contribution is 2.19. The smallest absolute Gasteiger partial charge is 0.253 e. The first kappa shape index (κ1) is 21.8. The number of likely N-dealkylation sites (N-methyl/N-ethyl adjacent to an activating group) is 1. The van der Waals surface area contributed by atoms with Gasteiger partial charge in [0.15, 0.2) is 5.82 Å². The normalized spacial score (nSPS) is 14.2. The summed E-state index contributed by atoms with van der Waals surface area (Å²) >= 11 is 0. The Morgan fingerprint density at radius 3 is 2.41 bits per heavy atom. The summed E-state index contributed by atoms with van der Waals surface area (Å²) in [6.45, 7) is 4.13. The lowest BCUT2D eigenvalue weighted by Gasteiger charge is -2.32. The van der Waals surface area contributed by atoms with Crippen molar-refractivity contribution in [2.45, 2.75) is 6.42 Å². The Morgan fingerprint density at radius 2 is 1.72 bits per heavy atom. The van der Waals surface area contributed by atoms with Crippen molar-refractivity contribution < 1.29 is 9.53 Å². The van der Waals surface area contributed by atoms with E-state index >= 15 is 0 Å². The first-order valence-electron chi connectivity index (χ1n) is 10.9. The molecule has 0 radical (unpaired) electrons. The Kier molecular flexibility index (Phi) is 6.97. The van der Waals surface area contributed by atoms with Crippen molar-refractivity contribution in [2.24, 2.45) is 0 Å². The fraction of sp³-hybridized carbons (Fsp3) is 0.320. The van der Waals surface area contributed by atoms with Crippen LogP contribution in [0.25, 0.3) is 11.4 Å².